The van der Waals surface area contributed by atoms with E-state index in [0.717, 1.165) is 15.7 Å². The highest BCUT2D eigenvalue weighted by Gasteiger charge is 2.15. The van der Waals surface area contributed by atoms with Gasteiger partial charge in [0, 0.05) is 10.7 Å². The van der Waals surface area contributed by atoms with Crippen molar-refractivity contribution in [3.05, 3.63) is 45.7 Å². The van der Waals surface area contributed by atoms with E-state index in [-0.39, 0.29) is 0 Å². The van der Waals surface area contributed by atoms with E-state index in [1.54, 1.807) is 36.1 Å². The first kappa shape index (κ1) is 13.1. The van der Waals surface area contributed by atoms with Crippen molar-refractivity contribution in [3.63, 3.8) is 0 Å². The minimum absolute atomic E-state index is 0.545. The maximum absolute atomic E-state index is 10.9. The molecular weight excluding hydrogens is 320 g/mol. The van der Waals surface area contributed by atoms with Crippen LogP contribution in [0, 0.1) is 0 Å². The average molecular weight is 330 g/mol. The Kier molecular flexibility index (Phi) is 3.73. The second-order valence-electron chi connectivity index (χ2n) is 3.87. The van der Waals surface area contributed by atoms with Crippen molar-refractivity contribution in [1.29, 1.82) is 0 Å². The molecule has 1 aromatic carbocycles. The van der Waals surface area contributed by atoms with Gasteiger partial charge in [-0.1, -0.05) is 17.7 Å². The topological polar surface area (TPSA) is 55.1 Å². The molecule has 4 nitrogen and oxygen atoms in total. The van der Waals surface area contributed by atoms with Gasteiger partial charge in [-0.15, -0.1) is 0 Å². The summed E-state index contributed by atoms with van der Waals surface area (Å²) in [5, 5.41) is 13.6. The number of aromatic nitrogens is 2. The van der Waals surface area contributed by atoms with Gasteiger partial charge in [-0.2, -0.15) is 5.10 Å². The summed E-state index contributed by atoms with van der Waals surface area (Å²) in [6, 6.07) is 5.36. The normalized spacial score (nSPS) is 12.4. The summed E-state index contributed by atoms with van der Waals surface area (Å²) in [4.78, 5) is 10.9. The van der Waals surface area contributed by atoms with Crippen molar-refractivity contribution < 1.29 is 9.90 Å². The van der Waals surface area contributed by atoms with E-state index in [4.69, 9.17) is 16.7 Å². The van der Waals surface area contributed by atoms with Gasteiger partial charge in [0.2, 0.25) is 0 Å². The predicted molar refractivity (Wildman–Crippen MR) is 72.3 cm³/mol. The van der Waals surface area contributed by atoms with Gasteiger partial charge in [0.15, 0.2) is 0 Å². The second kappa shape index (κ2) is 5.12. The van der Waals surface area contributed by atoms with Gasteiger partial charge < -0.3 is 5.11 Å². The molecule has 1 heterocycles. The third-order valence-electron chi connectivity index (χ3n) is 2.64. The lowest BCUT2D eigenvalue weighted by atomic mass is 10.0. The number of rotatable bonds is 3. The van der Waals surface area contributed by atoms with Crippen molar-refractivity contribution >= 4 is 33.5 Å². The molecule has 0 aliphatic heterocycles. The maximum Gasteiger partial charge on any atom is 0.310 e. The van der Waals surface area contributed by atoms with E-state index in [1.165, 1.54) is 0 Å². The van der Waals surface area contributed by atoms with Crippen LogP contribution in [-0.4, -0.2) is 20.9 Å². The molecule has 1 unspecified atom stereocenters. The van der Waals surface area contributed by atoms with E-state index in [1.807, 2.05) is 6.07 Å². The Balaban J connectivity index is 2.39. The molecule has 6 heteroatoms. The number of halogens is 2. The zero-order chi connectivity index (χ0) is 13.3. The molecular formula is C12H10BrClN2O2. The van der Waals surface area contributed by atoms with E-state index in [2.05, 4.69) is 21.0 Å². The molecule has 1 atom stereocenters. The molecule has 2 rings (SSSR count). The van der Waals surface area contributed by atoms with Crippen molar-refractivity contribution in [2.45, 2.75) is 12.8 Å². The molecule has 0 saturated carbocycles. The number of hydrogen-bond acceptors (Lipinski definition) is 2. The fraction of sp³-hybridized carbons (Fsp3) is 0.167. The quantitative estimate of drug-likeness (QED) is 0.938. The molecule has 18 heavy (non-hydrogen) atoms. The monoisotopic (exact) mass is 328 g/mol. The van der Waals surface area contributed by atoms with Crippen molar-refractivity contribution in [1.82, 2.24) is 9.78 Å². The first-order chi connectivity index (χ1) is 8.49. The number of benzene rings is 1. The van der Waals surface area contributed by atoms with E-state index < -0.39 is 11.9 Å². The SMILES string of the molecule is CC(C(=O)O)c1ccc(-n2cc(Cl)cn2)c(Br)c1. The third-order valence-corrected chi connectivity index (χ3v) is 3.47. The molecule has 0 spiro atoms. The Morgan fingerprint density at radius 1 is 1.56 bits per heavy atom. The third kappa shape index (κ3) is 2.57. The van der Waals surface area contributed by atoms with Gasteiger partial charge in [0.25, 0.3) is 0 Å². The summed E-state index contributed by atoms with van der Waals surface area (Å²) in [6.07, 6.45) is 3.23. The van der Waals surface area contributed by atoms with Gasteiger partial charge in [0.1, 0.15) is 0 Å². The minimum atomic E-state index is -0.850. The molecule has 0 saturated heterocycles. The number of carboxylic acid groups (broad SMARTS) is 1. The lowest BCUT2D eigenvalue weighted by Gasteiger charge is -2.10. The zero-order valence-electron chi connectivity index (χ0n) is 9.47. The number of nitrogens with zero attached hydrogens (tertiary/aromatic N) is 2. The first-order valence-corrected chi connectivity index (χ1v) is 6.39. The van der Waals surface area contributed by atoms with E-state index in [9.17, 15) is 4.79 Å². The minimum Gasteiger partial charge on any atom is -0.481 e. The van der Waals surface area contributed by atoms with Crippen molar-refractivity contribution in [2.75, 3.05) is 0 Å². The van der Waals surface area contributed by atoms with Gasteiger partial charge in [0.05, 0.1) is 22.8 Å². The summed E-state index contributed by atoms with van der Waals surface area (Å²) < 4.78 is 2.40. The van der Waals surface area contributed by atoms with Crippen LogP contribution in [0.1, 0.15) is 18.4 Å². The highest BCUT2D eigenvalue weighted by Crippen LogP contribution is 2.26. The molecule has 94 valence electrons. The smallest absolute Gasteiger partial charge is 0.310 e. The number of carbonyl (C=O) groups is 1. The number of aliphatic carboxylic acids is 1. The second-order valence-corrected chi connectivity index (χ2v) is 5.16. The number of hydrogen-bond donors (Lipinski definition) is 1. The zero-order valence-corrected chi connectivity index (χ0v) is 11.8. The molecule has 0 amide bonds. The summed E-state index contributed by atoms with van der Waals surface area (Å²) in [5.74, 6) is -1.40. The predicted octanol–water partition coefficient (Wildman–Crippen LogP) is 3.48. The van der Waals surface area contributed by atoms with Crippen molar-refractivity contribution in [2.24, 2.45) is 0 Å². The molecule has 2 aromatic rings. The molecule has 1 aromatic heterocycles. The fourth-order valence-electron chi connectivity index (χ4n) is 1.55. The number of carboxylic acids is 1. The van der Waals surface area contributed by atoms with Gasteiger partial charge >= 0.3 is 5.97 Å². The largest absolute Gasteiger partial charge is 0.481 e. The summed E-state index contributed by atoms with van der Waals surface area (Å²) in [5.41, 5.74) is 1.54. The Bertz CT molecular complexity index is 598. The van der Waals surface area contributed by atoms with Gasteiger partial charge in [-0.25, -0.2) is 4.68 Å². The highest BCUT2D eigenvalue weighted by molar-refractivity contribution is 9.10. The van der Waals surface area contributed by atoms with Gasteiger partial charge in [-0.05, 0) is 40.5 Å². The van der Waals surface area contributed by atoms with Crippen LogP contribution in [0.15, 0.2) is 35.1 Å². The Labute approximate surface area is 117 Å². The van der Waals surface area contributed by atoms with Crippen LogP contribution in [0.25, 0.3) is 5.69 Å². The van der Waals surface area contributed by atoms with Crippen LogP contribution in [0.5, 0.6) is 0 Å². The molecule has 1 N–H and O–H groups in total. The lowest BCUT2D eigenvalue weighted by molar-refractivity contribution is -0.138. The average Bonchev–Trinajstić information content (AvgIpc) is 2.74. The van der Waals surface area contributed by atoms with Crippen LogP contribution in [0.3, 0.4) is 0 Å². The molecule has 0 aliphatic rings. The maximum atomic E-state index is 10.9. The molecule has 0 aliphatic carbocycles. The summed E-state index contributed by atoms with van der Waals surface area (Å²) >= 11 is 9.22. The van der Waals surface area contributed by atoms with E-state index >= 15 is 0 Å². The summed E-state index contributed by atoms with van der Waals surface area (Å²) in [6.45, 7) is 1.65. The lowest BCUT2D eigenvalue weighted by Crippen LogP contribution is -2.07. The Morgan fingerprint density at radius 3 is 2.78 bits per heavy atom. The Hall–Kier alpha value is -1.33. The summed E-state index contributed by atoms with van der Waals surface area (Å²) in [7, 11) is 0. The van der Waals surface area contributed by atoms with Crippen LogP contribution in [0.2, 0.25) is 5.02 Å². The molecule has 0 radical (unpaired) electrons. The standard InChI is InChI=1S/C12H10BrClN2O2/c1-7(12(17)18)8-2-3-11(10(13)4-8)16-6-9(14)5-15-16/h2-7H,1H3,(H,17,18). The Morgan fingerprint density at radius 2 is 2.28 bits per heavy atom. The van der Waals surface area contributed by atoms with Crippen LogP contribution < -0.4 is 0 Å². The van der Waals surface area contributed by atoms with Crippen LogP contribution >= 0.6 is 27.5 Å². The van der Waals surface area contributed by atoms with Crippen LogP contribution in [-0.2, 0) is 4.79 Å². The molecule has 0 bridgehead atoms. The highest BCUT2D eigenvalue weighted by atomic mass is 79.9. The van der Waals surface area contributed by atoms with Crippen LogP contribution in [0.4, 0.5) is 0 Å². The van der Waals surface area contributed by atoms with Gasteiger partial charge in [-0.3, -0.25) is 4.79 Å². The van der Waals surface area contributed by atoms with Crippen molar-refractivity contribution in [3.8, 4) is 5.69 Å². The molecule has 0 fully saturated rings. The first-order valence-electron chi connectivity index (χ1n) is 5.22. The fourth-order valence-corrected chi connectivity index (χ4v) is 2.27. The van der Waals surface area contributed by atoms with E-state index in [0.29, 0.717) is 5.02 Å².